The number of carbonyl (C=O) groups is 1. The Kier molecular flexibility index (Phi) is 5.96. The third-order valence-electron chi connectivity index (χ3n) is 3.75. The van der Waals surface area contributed by atoms with Gasteiger partial charge in [0.1, 0.15) is 0 Å². The number of ether oxygens (including phenoxy) is 1. The average molecular weight is 241 g/mol. The second kappa shape index (κ2) is 7.00. The van der Waals surface area contributed by atoms with E-state index in [1.165, 1.54) is 32.1 Å². The fraction of sp³-hybridized carbons (Fsp3) is 0.929. The molecule has 0 amide bonds. The fourth-order valence-corrected chi connectivity index (χ4v) is 2.54. The molecule has 1 aliphatic carbocycles. The summed E-state index contributed by atoms with van der Waals surface area (Å²) in [7, 11) is 0. The summed E-state index contributed by atoms with van der Waals surface area (Å²) in [6.07, 6.45) is 6.72. The van der Waals surface area contributed by atoms with Gasteiger partial charge in [-0.05, 0) is 25.2 Å². The Morgan fingerprint density at radius 2 is 2.00 bits per heavy atom. The van der Waals surface area contributed by atoms with Crippen LogP contribution < -0.4 is 5.32 Å². The largest absolute Gasteiger partial charge is 0.466 e. The van der Waals surface area contributed by atoms with Crippen LogP contribution in [-0.2, 0) is 9.53 Å². The molecule has 3 heteroatoms. The van der Waals surface area contributed by atoms with Crippen LogP contribution in [0.5, 0.6) is 0 Å². The summed E-state index contributed by atoms with van der Waals surface area (Å²) in [5, 5.41) is 3.43. The molecule has 0 bridgehead atoms. The molecule has 1 unspecified atom stereocenters. The molecule has 0 aromatic heterocycles. The Hall–Kier alpha value is -0.570. The minimum atomic E-state index is -0.0891. The average Bonchev–Trinajstić information content (AvgIpc) is 2.30. The van der Waals surface area contributed by atoms with E-state index < -0.39 is 0 Å². The van der Waals surface area contributed by atoms with Crippen molar-refractivity contribution in [2.45, 2.75) is 52.9 Å². The third kappa shape index (κ3) is 5.07. The molecule has 0 saturated heterocycles. The van der Waals surface area contributed by atoms with Gasteiger partial charge in [0, 0.05) is 13.1 Å². The normalized spacial score (nSPS) is 20.9. The Morgan fingerprint density at radius 1 is 1.35 bits per heavy atom. The molecule has 0 heterocycles. The highest BCUT2D eigenvalue weighted by Crippen LogP contribution is 2.34. The van der Waals surface area contributed by atoms with Crippen LogP contribution >= 0.6 is 0 Å². The Bertz CT molecular complexity index is 234. The number of carbonyl (C=O) groups excluding carboxylic acids is 1. The topological polar surface area (TPSA) is 38.3 Å². The summed E-state index contributed by atoms with van der Waals surface area (Å²) in [6.45, 7) is 8.36. The molecular weight excluding hydrogens is 214 g/mol. The number of esters is 1. The summed E-state index contributed by atoms with van der Waals surface area (Å²) in [4.78, 5) is 11.4. The van der Waals surface area contributed by atoms with E-state index in [-0.39, 0.29) is 11.9 Å². The smallest absolute Gasteiger partial charge is 0.309 e. The van der Waals surface area contributed by atoms with Crippen molar-refractivity contribution in [1.82, 2.24) is 5.32 Å². The van der Waals surface area contributed by atoms with E-state index in [2.05, 4.69) is 12.2 Å². The van der Waals surface area contributed by atoms with Crippen molar-refractivity contribution in [3.63, 3.8) is 0 Å². The maximum Gasteiger partial charge on any atom is 0.309 e. The quantitative estimate of drug-likeness (QED) is 0.727. The molecule has 1 fully saturated rings. The van der Waals surface area contributed by atoms with Gasteiger partial charge in [0.05, 0.1) is 12.5 Å². The molecule has 1 aliphatic rings. The van der Waals surface area contributed by atoms with Crippen LogP contribution in [0.25, 0.3) is 0 Å². The number of hydrogen-bond acceptors (Lipinski definition) is 3. The second-order valence-electron chi connectivity index (χ2n) is 5.66. The molecule has 3 nitrogen and oxygen atoms in total. The molecule has 0 spiro atoms. The van der Waals surface area contributed by atoms with Crippen molar-refractivity contribution < 1.29 is 9.53 Å². The Labute approximate surface area is 105 Å². The van der Waals surface area contributed by atoms with Crippen LogP contribution in [0.15, 0.2) is 0 Å². The van der Waals surface area contributed by atoms with Crippen molar-refractivity contribution in [1.29, 1.82) is 0 Å². The standard InChI is InChI=1S/C14H27NO2/c1-4-17-13(16)12(2)10-15-11-14(3)8-6-5-7-9-14/h12,15H,4-11H2,1-3H3. The van der Waals surface area contributed by atoms with Gasteiger partial charge in [-0.15, -0.1) is 0 Å². The van der Waals surface area contributed by atoms with Crippen LogP contribution in [0.2, 0.25) is 0 Å². The molecule has 1 N–H and O–H groups in total. The lowest BCUT2D eigenvalue weighted by atomic mass is 9.76. The third-order valence-corrected chi connectivity index (χ3v) is 3.75. The molecule has 1 saturated carbocycles. The second-order valence-corrected chi connectivity index (χ2v) is 5.66. The molecule has 100 valence electrons. The highest BCUT2D eigenvalue weighted by Gasteiger charge is 2.26. The van der Waals surface area contributed by atoms with Crippen LogP contribution in [0.1, 0.15) is 52.9 Å². The molecule has 17 heavy (non-hydrogen) atoms. The predicted molar refractivity (Wildman–Crippen MR) is 69.9 cm³/mol. The Balaban J connectivity index is 2.20. The zero-order chi connectivity index (χ0) is 12.7. The van der Waals surface area contributed by atoms with Crippen LogP contribution in [0, 0.1) is 11.3 Å². The van der Waals surface area contributed by atoms with E-state index >= 15 is 0 Å². The van der Waals surface area contributed by atoms with Crippen molar-refractivity contribution in [3.8, 4) is 0 Å². The lowest BCUT2D eigenvalue weighted by Crippen LogP contribution is -2.37. The summed E-state index contributed by atoms with van der Waals surface area (Å²) < 4.78 is 4.99. The van der Waals surface area contributed by atoms with E-state index in [0.29, 0.717) is 12.0 Å². The maximum absolute atomic E-state index is 11.4. The summed E-state index contributed by atoms with van der Waals surface area (Å²) >= 11 is 0. The summed E-state index contributed by atoms with van der Waals surface area (Å²) in [6, 6.07) is 0. The summed E-state index contributed by atoms with van der Waals surface area (Å²) in [5.41, 5.74) is 0.437. The number of rotatable bonds is 6. The molecule has 0 aromatic carbocycles. The van der Waals surface area contributed by atoms with E-state index in [1.54, 1.807) is 0 Å². The molecule has 0 radical (unpaired) electrons. The van der Waals surface area contributed by atoms with Crippen LogP contribution in [-0.4, -0.2) is 25.7 Å². The van der Waals surface area contributed by atoms with Gasteiger partial charge in [-0.1, -0.05) is 33.1 Å². The molecule has 1 atom stereocenters. The van der Waals surface area contributed by atoms with Gasteiger partial charge < -0.3 is 10.1 Å². The number of nitrogens with one attached hydrogen (secondary N) is 1. The highest BCUT2D eigenvalue weighted by atomic mass is 16.5. The van der Waals surface area contributed by atoms with Crippen molar-refractivity contribution in [2.75, 3.05) is 19.7 Å². The van der Waals surface area contributed by atoms with E-state index in [1.807, 2.05) is 13.8 Å². The SMILES string of the molecule is CCOC(=O)C(C)CNCC1(C)CCCCC1. The minimum Gasteiger partial charge on any atom is -0.466 e. The van der Waals surface area contributed by atoms with E-state index in [0.717, 1.165) is 13.1 Å². The van der Waals surface area contributed by atoms with Gasteiger partial charge in [-0.2, -0.15) is 0 Å². The first-order chi connectivity index (χ1) is 8.07. The fourth-order valence-electron chi connectivity index (χ4n) is 2.54. The molecule has 0 aliphatic heterocycles. The zero-order valence-corrected chi connectivity index (χ0v) is 11.6. The summed E-state index contributed by atoms with van der Waals surface area (Å²) in [5.74, 6) is -0.129. The van der Waals surface area contributed by atoms with Gasteiger partial charge in [0.2, 0.25) is 0 Å². The first kappa shape index (κ1) is 14.5. The minimum absolute atomic E-state index is 0.0397. The van der Waals surface area contributed by atoms with Gasteiger partial charge in [-0.3, -0.25) is 4.79 Å². The number of hydrogen-bond donors (Lipinski definition) is 1. The lowest BCUT2D eigenvalue weighted by Gasteiger charge is -2.34. The predicted octanol–water partition coefficient (Wildman–Crippen LogP) is 2.75. The van der Waals surface area contributed by atoms with Gasteiger partial charge in [0.25, 0.3) is 0 Å². The van der Waals surface area contributed by atoms with E-state index in [9.17, 15) is 4.79 Å². The van der Waals surface area contributed by atoms with E-state index in [4.69, 9.17) is 4.74 Å². The van der Waals surface area contributed by atoms with Gasteiger partial charge in [-0.25, -0.2) is 0 Å². The van der Waals surface area contributed by atoms with Gasteiger partial charge in [0.15, 0.2) is 0 Å². The van der Waals surface area contributed by atoms with Crippen LogP contribution in [0.4, 0.5) is 0 Å². The van der Waals surface area contributed by atoms with Gasteiger partial charge >= 0.3 is 5.97 Å². The Morgan fingerprint density at radius 3 is 2.59 bits per heavy atom. The molecule has 0 aromatic rings. The lowest BCUT2D eigenvalue weighted by molar-refractivity contribution is -0.147. The first-order valence-electron chi connectivity index (χ1n) is 6.95. The molecular formula is C14H27NO2. The van der Waals surface area contributed by atoms with Crippen molar-refractivity contribution in [2.24, 2.45) is 11.3 Å². The van der Waals surface area contributed by atoms with Crippen molar-refractivity contribution >= 4 is 5.97 Å². The van der Waals surface area contributed by atoms with Crippen LogP contribution in [0.3, 0.4) is 0 Å². The zero-order valence-electron chi connectivity index (χ0n) is 11.6. The monoisotopic (exact) mass is 241 g/mol. The van der Waals surface area contributed by atoms with Crippen molar-refractivity contribution in [3.05, 3.63) is 0 Å². The first-order valence-corrected chi connectivity index (χ1v) is 6.95. The molecule has 1 rings (SSSR count). The maximum atomic E-state index is 11.4. The highest BCUT2D eigenvalue weighted by molar-refractivity contribution is 5.72.